The zero-order chi connectivity index (χ0) is 15.1. The number of benzene rings is 2. The second-order valence-electron chi connectivity index (χ2n) is 5.29. The Kier molecular flexibility index (Phi) is 5.73. The van der Waals surface area contributed by atoms with Crippen LogP contribution in [0.3, 0.4) is 0 Å². The van der Waals surface area contributed by atoms with Crippen molar-refractivity contribution >= 4 is 5.57 Å². The van der Waals surface area contributed by atoms with Crippen molar-refractivity contribution in [1.29, 1.82) is 0 Å². The Balaban J connectivity index is 2.03. The molecule has 1 atom stereocenters. The van der Waals surface area contributed by atoms with Gasteiger partial charge in [0.25, 0.3) is 0 Å². The third-order valence-electron chi connectivity index (χ3n) is 3.72. The Morgan fingerprint density at radius 3 is 2.29 bits per heavy atom. The Morgan fingerprint density at radius 2 is 1.67 bits per heavy atom. The fourth-order valence-corrected chi connectivity index (χ4v) is 2.30. The number of rotatable bonds is 7. The van der Waals surface area contributed by atoms with Crippen LogP contribution in [0, 0.1) is 0 Å². The second kappa shape index (κ2) is 7.77. The number of nitrogens with two attached hydrogens (primary N) is 1. The number of hydrogen-bond donors (Lipinski definition) is 2. The van der Waals surface area contributed by atoms with Crippen LogP contribution in [-0.4, -0.2) is 19.1 Å². The Hall–Kier alpha value is -1.90. The van der Waals surface area contributed by atoms with Crippen molar-refractivity contribution in [3.8, 4) is 11.1 Å². The Labute approximate surface area is 127 Å². The SMILES string of the molecule is C=C(c1ccc(-c2ccccc2)cc1)[C@@H](C)NCCCN. The van der Waals surface area contributed by atoms with Crippen LogP contribution in [-0.2, 0) is 0 Å². The molecule has 0 aromatic heterocycles. The number of hydrogen-bond acceptors (Lipinski definition) is 2. The largest absolute Gasteiger partial charge is 0.330 e. The van der Waals surface area contributed by atoms with E-state index in [4.69, 9.17) is 5.73 Å². The Bertz CT molecular complexity index is 558. The van der Waals surface area contributed by atoms with Gasteiger partial charge in [0, 0.05) is 6.04 Å². The van der Waals surface area contributed by atoms with Gasteiger partial charge in [-0.2, -0.15) is 0 Å². The summed E-state index contributed by atoms with van der Waals surface area (Å²) in [6.07, 6.45) is 0.991. The van der Waals surface area contributed by atoms with Gasteiger partial charge in [-0.1, -0.05) is 61.2 Å². The van der Waals surface area contributed by atoms with E-state index in [9.17, 15) is 0 Å². The fourth-order valence-electron chi connectivity index (χ4n) is 2.30. The molecule has 0 saturated heterocycles. The molecule has 0 fully saturated rings. The van der Waals surface area contributed by atoms with Gasteiger partial charge in [-0.05, 0) is 48.7 Å². The van der Waals surface area contributed by atoms with E-state index in [0.29, 0.717) is 0 Å². The lowest BCUT2D eigenvalue weighted by Gasteiger charge is -2.17. The molecule has 0 amide bonds. The average Bonchev–Trinajstić information content (AvgIpc) is 2.55. The molecule has 2 aromatic rings. The third kappa shape index (κ3) is 4.28. The molecule has 110 valence electrons. The standard InChI is InChI=1S/C19H24N2/c1-15(16(2)21-14-6-13-20)17-9-11-19(12-10-17)18-7-4-3-5-8-18/h3-5,7-12,16,21H,1,6,13-14,20H2,2H3/t16-/m1/s1. The van der Waals surface area contributed by atoms with E-state index in [-0.39, 0.29) is 6.04 Å². The van der Waals surface area contributed by atoms with Gasteiger partial charge < -0.3 is 11.1 Å². The van der Waals surface area contributed by atoms with Crippen LogP contribution in [0.25, 0.3) is 16.7 Å². The van der Waals surface area contributed by atoms with Crippen LogP contribution in [0.1, 0.15) is 18.9 Å². The van der Waals surface area contributed by atoms with Gasteiger partial charge in [0.2, 0.25) is 0 Å². The van der Waals surface area contributed by atoms with Gasteiger partial charge in [0.05, 0.1) is 0 Å². The summed E-state index contributed by atoms with van der Waals surface area (Å²) in [6, 6.07) is 19.3. The topological polar surface area (TPSA) is 38.0 Å². The molecular weight excluding hydrogens is 256 g/mol. The van der Waals surface area contributed by atoms with Crippen molar-refractivity contribution in [3.05, 3.63) is 66.7 Å². The molecule has 2 heteroatoms. The summed E-state index contributed by atoms with van der Waals surface area (Å²) in [6.45, 7) is 8.00. The molecule has 0 unspecified atom stereocenters. The molecule has 2 nitrogen and oxygen atoms in total. The highest BCUT2D eigenvalue weighted by molar-refractivity contribution is 5.71. The summed E-state index contributed by atoms with van der Waals surface area (Å²) in [7, 11) is 0. The molecule has 0 radical (unpaired) electrons. The van der Waals surface area contributed by atoms with E-state index in [2.05, 4.69) is 67.4 Å². The summed E-state index contributed by atoms with van der Waals surface area (Å²) in [5, 5.41) is 3.45. The first-order chi connectivity index (χ1) is 10.2. The third-order valence-corrected chi connectivity index (χ3v) is 3.72. The van der Waals surface area contributed by atoms with Crippen molar-refractivity contribution in [1.82, 2.24) is 5.32 Å². The van der Waals surface area contributed by atoms with Gasteiger partial charge in [-0.3, -0.25) is 0 Å². The zero-order valence-electron chi connectivity index (χ0n) is 12.7. The average molecular weight is 280 g/mol. The summed E-state index contributed by atoms with van der Waals surface area (Å²) in [5.41, 5.74) is 10.3. The van der Waals surface area contributed by atoms with Crippen molar-refractivity contribution in [2.24, 2.45) is 5.73 Å². The molecule has 21 heavy (non-hydrogen) atoms. The van der Waals surface area contributed by atoms with E-state index in [0.717, 1.165) is 25.1 Å². The monoisotopic (exact) mass is 280 g/mol. The molecular formula is C19H24N2. The van der Waals surface area contributed by atoms with E-state index < -0.39 is 0 Å². The van der Waals surface area contributed by atoms with Gasteiger partial charge in [-0.15, -0.1) is 0 Å². The Morgan fingerprint density at radius 1 is 1.05 bits per heavy atom. The predicted molar refractivity (Wildman–Crippen MR) is 92.0 cm³/mol. The molecule has 3 N–H and O–H groups in total. The van der Waals surface area contributed by atoms with Crippen LogP contribution in [0.15, 0.2) is 61.2 Å². The minimum atomic E-state index is 0.263. The summed E-state index contributed by atoms with van der Waals surface area (Å²) >= 11 is 0. The number of nitrogens with one attached hydrogen (secondary N) is 1. The van der Waals surface area contributed by atoms with Gasteiger partial charge >= 0.3 is 0 Å². The molecule has 0 spiro atoms. The van der Waals surface area contributed by atoms with Gasteiger partial charge in [-0.25, -0.2) is 0 Å². The first-order valence-electron chi connectivity index (χ1n) is 7.50. The fraction of sp³-hybridized carbons (Fsp3) is 0.263. The highest BCUT2D eigenvalue weighted by Gasteiger charge is 2.08. The highest BCUT2D eigenvalue weighted by Crippen LogP contribution is 2.23. The molecule has 0 aliphatic carbocycles. The molecule has 2 rings (SSSR count). The minimum absolute atomic E-state index is 0.263. The normalized spacial score (nSPS) is 12.1. The van der Waals surface area contributed by atoms with Crippen LogP contribution >= 0.6 is 0 Å². The van der Waals surface area contributed by atoms with Crippen molar-refractivity contribution in [2.75, 3.05) is 13.1 Å². The molecule has 0 bridgehead atoms. The molecule has 0 aliphatic rings. The first kappa shape index (κ1) is 15.5. The van der Waals surface area contributed by atoms with E-state index >= 15 is 0 Å². The van der Waals surface area contributed by atoms with Crippen molar-refractivity contribution in [3.63, 3.8) is 0 Å². The smallest absolute Gasteiger partial charge is 0.0291 e. The maximum Gasteiger partial charge on any atom is 0.0291 e. The van der Waals surface area contributed by atoms with E-state index in [1.54, 1.807) is 0 Å². The van der Waals surface area contributed by atoms with Crippen molar-refractivity contribution in [2.45, 2.75) is 19.4 Å². The lowest BCUT2D eigenvalue weighted by Crippen LogP contribution is -2.29. The van der Waals surface area contributed by atoms with Crippen LogP contribution in [0.2, 0.25) is 0 Å². The summed E-state index contributed by atoms with van der Waals surface area (Å²) < 4.78 is 0. The maximum atomic E-state index is 5.51. The second-order valence-corrected chi connectivity index (χ2v) is 5.29. The maximum absolute atomic E-state index is 5.51. The van der Waals surface area contributed by atoms with Gasteiger partial charge in [0.1, 0.15) is 0 Å². The molecule has 2 aromatic carbocycles. The predicted octanol–water partition coefficient (Wildman–Crippen LogP) is 3.69. The van der Waals surface area contributed by atoms with Crippen LogP contribution in [0.4, 0.5) is 0 Å². The van der Waals surface area contributed by atoms with E-state index in [1.165, 1.54) is 16.7 Å². The quantitative estimate of drug-likeness (QED) is 0.759. The van der Waals surface area contributed by atoms with E-state index in [1.807, 2.05) is 6.07 Å². The molecule has 0 aliphatic heterocycles. The minimum Gasteiger partial charge on any atom is -0.330 e. The van der Waals surface area contributed by atoms with Gasteiger partial charge in [0.15, 0.2) is 0 Å². The molecule has 0 saturated carbocycles. The van der Waals surface area contributed by atoms with Crippen molar-refractivity contribution < 1.29 is 0 Å². The zero-order valence-corrected chi connectivity index (χ0v) is 12.7. The first-order valence-corrected chi connectivity index (χ1v) is 7.50. The lowest BCUT2D eigenvalue weighted by molar-refractivity contribution is 0.620. The van der Waals surface area contributed by atoms with Crippen LogP contribution in [0.5, 0.6) is 0 Å². The lowest BCUT2D eigenvalue weighted by atomic mass is 9.98. The summed E-state index contributed by atoms with van der Waals surface area (Å²) in [5.74, 6) is 0. The summed E-state index contributed by atoms with van der Waals surface area (Å²) in [4.78, 5) is 0. The molecule has 0 heterocycles. The highest BCUT2D eigenvalue weighted by atomic mass is 14.9. The van der Waals surface area contributed by atoms with Crippen LogP contribution < -0.4 is 11.1 Å².